The van der Waals surface area contributed by atoms with Crippen molar-refractivity contribution in [3.63, 3.8) is 0 Å². The summed E-state index contributed by atoms with van der Waals surface area (Å²) < 4.78 is 9.22. The first-order chi connectivity index (χ1) is 17.3. The number of aromatic nitrogens is 4. The molecule has 37 heavy (non-hydrogen) atoms. The first kappa shape index (κ1) is 25.9. The summed E-state index contributed by atoms with van der Waals surface area (Å²) in [6, 6.07) is 5.72. The topological polar surface area (TPSA) is 152 Å². The van der Waals surface area contributed by atoms with Gasteiger partial charge in [0.15, 0.2) is 11.2 Å². The molecule has 2 N–H and O–H groups in total. The number of aliphatic hydroxyl groups excluding tert-OH is 1. The van der Waals surface area contributed by atoms with E-state index in [-0.39, 0.29) is 30.8 Å². The number of nitrogens with zero attached hydrogens (tertiary/aromatic N) is 6. The molecule has 3 heterocycles. The molecule has 2 aromatic heterocycles. The molecule has 13 heteroatoms. The van der Waals surface area contributed by atoms with Crippen LogP contribution in [0.3, 0.4) is 0 Å². The number of hydrogen-bond donors (Lipinski definition) is 2. The van der Waals surface area contributed by atoms with E-state index >= 15 is 0 Å². The Labute approximate surface area is 211 Å². The van der Waals surface area contributed by atoms with Gasteiger partial charge in [-0.2, -0.15) is 0 Å². The fraction of sp³-hybridized carbons (Fsp3) is 0.458. The van der Waals surface area contributed by atoms with Crippen molar-refractivity contribution in [1.29, 1.82) is 0 Å². The summed E-state index contributed by atoms with van der Waals surface area (Å²) >= 11 is 0. The van der Waals surface area contributed by atoms with Gasteiger partial charge in [-0.1, -0.05) is 18.2 Å². The van der Waals surface area contributed by atoms with E-state index in [9.17, 15) is 29.4 Å². The second-order valence-electron chi connectivity index (χ2n) is 9.97. The Kier molecular flexibility index (Phi) is 6.59. The molecule has 4 rings (SSSR count). The molecule has 0 saturated carbocycles. The highest BCUT2D eigenvalue weighted by atomic mass is 16.6. The van der Waals surface area contributed by atoms with Crippen LogP contribution in [0.5, 0.6) is 0 Å². The number of piperazine rings is 1. The smallest absolute Gasteiger partial charge is 0.410 e. The molecule has 3 aromatic rings. The Balaban J connectivity index is 1.83. The van der Waals surface area contributed by atoms with Crippen molar-refractivity contribution in [3.05, 3.63) is 57.0 Å². The molecular formula is C24H30N6O7. The van der Waals surface area contributed by atoms with Gasteiger partial charge in [-0.3, -0.25) is 23.4 Å². The minimum Gasteiger partial charge on any atom is -0.465 e. The maximum Gasteiger partial charge on any atom is 0.410 e. The van der Waals surface area contributed by atoms with Crippen LogP contribution in [-0.4, -0.2) is 82.2 Å². The van der Waals surface area contributed by atoms with Gasteiger partial charge in [0, 0.05) is 39.3 Å². The number of aryl methyl sites for hydroxylation is 1. The van der Waals surface area contributed by atoms with Crippen molar-refractivity contribution in [3.8, 4) is 5.69 Å². The van der Waals surface area contributed by atoms with Crippen molar-refractivity contribution >= 4 is 23.4 Å². The third-order valence-electron chi connectivity index (χ3n) is 6.34. The van der Waals surface area contributed by atoms with E-state index in [1.54, 1.807) is 45.0 Å². The molecular weight excluding hydrogens is 484 g/mol. The lowest BCUT2D eigenvalue weighted by atomic mass is 9.97. The Hall–Kier alpha value is -4.13. The van der Waals surface area contributed by atoms with Crippen molar-refractivity contribution in [2.75, 3.05) is 19.6 Å². The van der Waals surface area contributed by atoms with E-state index < -0.39 is 41.2 Å². The van der Waals surface area contributed by atoms with Gasteiger partial charge < -0.3 is 19.8 Å². The van der Waals surface area contributed by atoms with Gasteiger partial charge in [0.2, 0.25) is 0 Å². The largest absolute Gasteiger partial charge is 0.465 e. The van der Waals surface area contributed by atoms with Gasteiger partial charge in [-0.15, -0.1) is 0 Å². The van der Waals surface area contributed by atoms with Crippen LogP contribution in [0.1, 0.15) is 32.4 Å². The number of carbonyl (C=O) groups is 2. The molecule has 1 aliphatic rings. The maximum absolute atomic E-state index is 13.0. The third kappa shape index (κ3) is 4.69. The Bertz CT molecular complexity index is 1480. The summed E-state index contributed by atoms with van der Waals surface area (Å²) in [6.45, 7) is 5.10. The highest BCUT2D eigenvalue weighted by Crippen LogP contribution is 2.31. The third-order valence-corrected chi connectivity index (χ3v) is 6.34. The van der Waals surface area contributed by atoms with Crippen LogP contribution in [0.25, 0.3) is 16.9 Å². The SMILES string of the molecule is Cn1c(=O)c2c(ncn2-c2ccccc2C(O)C2CN(C(=O)O)CCN2C(=O)OC(C)(C)C)n(C)c1=O. The van der Waals surface area contributed by atoms with Gasteiger partial charge in [-0.05, 0) is 26.8 Å². The van der Waals surface area contributed by atoms with Gasteiger partial charge in [0.1, 0.15) is 18.0 Å². The number of ether oxygens (including phenoxy) is 1. The van der Waals surface area contributed by atoms with E-state index in [1.807, 2.05) is 0 Å². The standard InChI is InChI=1S/C24H30N6O7/c1-24(2,3)37-23(36)29-11-10-28(22(34)35)12-16(29)18(31)14-8-6-7-9-15(14)30-13-25-19-17(30)20(32)27(5)21(33)26(19)4/h6-9,13,16,18,31H,10-12H2,1-5H3,(H,34,35). The number of carbonyl (C=O) groups excluding carboxylic acids is 1. The second-order valence-corrected chi connectivity index (χ2v) is 9.97. The van der Waals surface area contributed by atoms with Crippen LogP contribution < -0.4 is 11.2 Å². The molecule has 2 unspecified atom stereocenters. The molecule has 0 spiro atoms. The molecule has 1 aromatic carbocycles. The second kappa shape index (κ2) is 9.39. The monoisotopic (exact) mass is 514 g/mol. The summed E-state index contributed by atoms with van der Waals surface area (Å²) in [5.74, 6) is 0. The summed E-state index contributed by atoms with van der Waals surface area (Å²) in [6.07, 6.45) is -1.80. The predicted octanol–water partition coefficient (Wildman–Crippen LogP) is 1.06. The molecule has 2 amide bonds. The van der Waals surface area contributed by atoms with Crippen LogP contribution >= 0.6 is 0 Å². The van der Waals surface area contributed by atoms with Crippen molar-refractivity contribution in [2.45, 2.75) is 38.5 Å². The summed E-state index contributed by atoms with van der Waals surface area (Å²) in [7, 11) is 2.87. The van der Waals surface area contributed by atoms with Crippen molar-refractivity contribution in [2.24, 2.45) is 14.1 Å². The summed E-state index contributed by atoms with van der Waals surface area (Å²) in [5.41, 5.74) is -0.856. The zero-order valence-corrected chi connectivity index (χ0v) is 21.3. The first-order valence-corrected chi connectivity index (χ1v) is 11.7. The number of benzene rings is 1. The maximum atomic E-state index is 13.0. The number of aliphatic hydroxyl groups is 1. The van der Waals surface area contributed by atoms with Crippen LogP contribution in [-0.2, 0) is 18.8 Å². The number of carboxylic acid groups (broad SMARTS) is 1. The molecule has 0 radical (unpaired) electrons. The molecule has 1 fully saturated rings. The van der Waals surface area contributed by atoms with E-state index in [1.165, 1.54) is 34.5 Å². The molecule has 1 saturated heterocycles. The zero-order valence-electron chi connectivity index (χ0n) is 21.3. The van der Waals surface area contributed by atoms with Crippen molar-refractivity contribution in [1.82, 2.24) is 28.5 Å². The molecule has 198 valence electrons. The van der Waals surface area contributed by atoms with Crippen LogP contribution in [0.15, 0.2) is 40.2 Å². The summed E-state index contributed by atoms with van der Waals surface area (Å²) in [4.78, 5) is 56.8. The lowest BCUT2D eigenvalue weighted by Gasteiger charge is -2.42. The highest BCUT2D eigenvalue weighted by molar-refractivity contribution is 5.74. The molecule has 0 bridgehead atoms. The van der Waals surface area contributed by atoms with Crippen LogP contribution in [0, 0.1) is 0 Å². The van der Waals surface area contributed by atoms with E-state index in [2.05, 4.69) is 4.98 Å². The number of amides is 2. The van der Waals surface area contributed by atoms with Crippen molar-refractivity contribution < 1.29 is 24.5 Å². The van der Waals surface area contributed by atoms with Gasteiger partial charge in [0.25, 0.3) is 5.56 Å². The quantitative estimate of drug-likeness (QED) is 0.526. The van der Waals surface area contributed by atoms with E-state index in [0.717, 1.165) is 9.47 Å². The lowest BCUT2D eigenvalue weighted by Crippen LogP contribution is -2.59. The number of para-hydroxylation sites is 1. The molecule has 1 aliphatic heterocycles. The van der Waals surface area contributed by atoms with Crippen LogP contribution in [0.2, 0.25) is 0 Å². The normalized spacial score (nSPS) is 17.2. The Morgan fingerprint density at radius 2 is 1.78 bits per heavy atom. The zero-order chi connectivity index (χ0) is 27.2. The minimum absolute atomic E-state index is 0.0295. The van der Waals surface area contributed by atoms with E-state index in [4.69, 9.17) is 4.74 Å². The van der Waals surface area contributed by atoms with Crippen LogP contribution in [0.4, 0.5) is 9.59 Å². The Morgan fingerprint density at radius 3 is 2.43 bits per heavy atom. The average molecular weight is 515 g/mol. The molecule has 0 aliphatic carbocycles. The predicted molar refractivity (Wildman–Crippen MR) is 133 cm³/mol. The average Bonchev–Trinajstić information content (AvgIpc) is 3.29. The summed E-state index contributed by atoms with van der Waals surface area (Å²) in [5, 5.41) is 21.2. The Morgan fingerprint density at radius 1 is 1.11 bits per heavy atom. The molecule has 2 atom stereocenters. The van der Waals surface area contributed by atoms with Gasteiger partial charge in [0.05, 0.1) is 11.7 Å². The number of fused-ring (bicyclic) bond motifs is 1. The molecule has 13 nitrogen and oxygen atoms in total. The fourth-order valence-corrected chi connectivity index (χ4v) is 4.49. The van der Waals surface area contributed by atoms with E-state index in [0.29, 0.717) is 11.3 Å². The van der Waals surface area contributed by atoms with Gasteiger partial charge in [-0.25, -0.2) is 19.4 Å². The minimum atomic E-state index is -1.35. The number of hydrogen-bond acceptors (Lipinski definition) is 7. The number of rotatable bonds is 3. The lowest BCUT2D eigenvalue weighted by molar-refractivity contribution is -0.0299. The van der Waals surface area contributed by atoms with Gasteiger partial charge >= 0.3 is 17.9 Å². The fourth-order valence-electron chi connectivity index (χ4n) is 4.49. The number of imidazole rings is 1. The highest BCUT2D eigenvalue weighted by Gasteiger charge is 2.40. The first-order valence-electron chi connectivity index (χ1n) is 11.7.